The van der Waals surface area contributed by atoms with Crippen LogP contribution in [0.25, 0.3) is 5.69 Å². The van der Waals surface area contributed by atoms with Crippen molar-refractivity contribution >= 4 is 28.9 Å². The molecular formula is C30H32N6OS. The molecule has 7 nitrogen and oxygen atoms in total. The summed E-state index contributed by atoms with van der Waals surface area (Å²) in [4.78, 5) is 24.1. The summed E-state index contributed by atoms with van der Waals surface area (Å²) in [7, 11) is 0. The van der Waals surface area contributed by atoms with Crippen LogP contribution in [-0.2, 0) is 11.2 Å². The fourth-order valence-electron chi connectivity index (χ4n) is 5.34. The molecule has 3 aromatic heterocycles. The third-order valence-electron chi connectivity index (χ3n) is 7.14. The average Bonchev–Trinajstić information content (AvgIpc) is 3.42. The molecule has 2 N–H and O–H groups in total. The lowest BCUT2D eigenvalue weighted by Gasteiger charge is -2.28. The molecule has 2 atom stereocenters. The molecular weight excluding hydrogens is 492 g/mol. The van der Waals surface area contributed by atoms with E-state index in [1.807, 2.05) is 54.7 Å². The molecule has 0 radical (unpaired) electrons. The summed E-state index contributed by atoms with van der Waals surface area (Å²) in [5.74, 6) is -0.0328. The van der Waals surface area contributed by atoms with Crippen molar-refractivity contribution in [2.24, 2.45) is 0 Å². The number of benzene rings is 1. The molecule has 1 amide bonds. The van der Waals surface area contributed by atoms with Gasteiger partial charge in [-0.15, -0.1) is 0 Å². The molecule has 0 spiro atoms. The van der Waals surface area contributed by atoms with Crippen LogP contribution < -0.4 is 10.6 Å². The summed E-state index contributed by atoms with van der Waals surface area (Å²) in [5.41, 5.74) is 7.27. The van der Waals surface area contributed by atoms with E-state index in [-0.39, 0.29) is 18.0 Å². The van der Waals surface area contributed by atoms with E-state index >= 15 is 0 Å². The normalized spacial score (nSPS) is 16.9. The average molecular weight is 525 g/mol. The maximum atomic E-state index is 13.0. The van der Waals surface area contributed by atoms with Gasteiger partial charge in [-0.05, 0) is 80.0 Å². The van der Waals surface area contributed by atoms with Gasteiger partial charge in [-0.2, -0.15) is 0 Å². The second-order valence-corrected chi connectivity index (χ2v) is 9.89. The van der Waals surface area contributed by atoms with E-state index < -0.39 is 0 Å². The number of nitrogens with one attached hydrogen (secondary N) is 2. The lowest BCUT2D eigenvalue weighted by Crippen LogP contribution is -2.33. The summed E-state index contributed by atoms with van der Waals surface area (Å²) in [6.45, 7) is 6.79. The Morgan fingerprint density at radius 2 is 1.89 bits per heavy atom. The van der Waals surface area contributed by atoms with Gasteiger partial charge in [0.05, 0.1) is 29.7 Å². The fraction of sp³-hybridized carbons (Fsp3) is 0.267. The molecule has 2 unspecified atom stereocenters. The van der Waals surface area contributed by atoms with Crippen molar-refractivity contribution in [1.82, 2.24) is 24.8 Å². The van der Waals surface area contributed by atoms with Crippen LogP contribution in [0.5, 0.6) is 0 Å². The van der Waals surface area contributed by atoms with Gasteiger partial charge in [0, 0.05) is 42.4 Å². The number of nitrogens with zero attached hydrogens (tertiary/aromatic N) is 4. The zero-order valence-corrected chi connectivity index (χ0v) is 22.7. The third-order valence-corrected chi connectivity index (χ3v) is 7.50. The number of rotatable bonds is 8. The van der Waals surface area contributed by atoms with E-state index in [2.05, 4.69) is 63.0 Å². The molecule has 5 rings (SSSR count). The van der Waals surface area contributed by atoms with E-state index in [1.165, 1.54) is 0 Å². The van der Waals surface area contributed by atoms with Crippen molar-refractivity contribution in [2.45, 2.75) is 45.7 Å². The molecule has 1 saturated heterocycles. The van der Waals surface area contributed by atoms with E-state index in [0.29, 0.717) is 18.1 Å². The highest BCUT2D eigenvalue weighted by atomic mass is 32.1. The topological polar surface area (TPSA) is 75.1 Å². The van der Waals surface area contributed by atoms with Crippen LogP contribution in [0, 0.1) is 13.8 Å². The first kappa shape index (κ1) is 25.6. The van der Waals surface area contributed by atoms with Gasteiger partial charge >= 0.3 is 0 Å². The van der Waals surface area contributed by atoms with E-state index in [0.717, 1.165) is 46.0 Å². The smallest absolute Gasteiger partial charge is 0.226 e. The van der Waals surface area contributed by atoms with Gasteiger partial charge in [0.2, 0.25) is 5.91 Å². The highest BCUT2D eigenvalue weighted by Gasteiger charge is 2.41. The minimum absolute atomic E-state index is 0.0328. The highest BCUT2D eigenvalue weighted by molar-refractivity contribution is 7.80. The Morgan fingerprint density at radius 1 is 1.08 bits per heavy atom. The third kappa shape index (κ3) is 5.04. The SMILES string of the molecule is CCc1ccccc1NC(=O)CCN1C(=S)NC(c2ccccn2)C1c1cc(C)n(-c2cccnc2)c1C. The zero-order valence-electron chi connectivity index (χ0n) is 21.9. The number of amides is 1. The monoisotopic (exact) mass is 524 g/mol. The number of aromatic nitrogens is 3. The lowest BCUT2D eigenvalue weighted by molar-refractivity contribution is -0.116. The minimum atomic E-state index is -0.143. The molecule has 1 fully saturated rings. The van der Waals surface area contributed by atoms with Gasteiger partial charge < -0.3 is 20.1 Å². The van der Waals surface area contributed by atoms with Gasteiger partial charge in [0.15, 0.2) is 5.11 Å². The van der Waals surface area contributed by atoms with Crippen molar-refractivity contribution in [3.63, 3.8) is 0 Å². The number of para-hydroxylation sites is 1. The Labute approximate surface area is 228 Å². The minimum Gasteiger partial charge on any atom is -0.352 e. The van der Waals surface area contributed by atoms with Crippen LogP contribution in [0.1, 0.15) is 53.6 Å². The van der Waals surface area contributed by atoms with Crippen molar-refractivity contribution in [2.75, 3.05) is 11.9 Å². The predicted molar refractivity (Wildman–Crippen MR) is 154 cm³/mol. The van der Waals surface area contributed by atoms with Crippen LogP contribution in [-0.4, -0.2) is 37.0 Å². The summed E-state index contributed by atoms with van der Waals surface area (Å²) in [6, 6.07) is 19.8. The zero-order chi connectivity index (χ0) is 26.6. The Hall–Kier alpha value is -4.04. The van der Waals surface area contributed by atoms with E-state index in [4.69, 9.17) is 12.2 Å². The number of carbonyl (C=O) groups is 1. The van der Waals surface area contributed by atoms with Crippen LogP contribution in [0.4, 0.5) is 5.69 Å². The summed E-state index contributed by atoms with van der Waals surface area (Å²) in [5, 5.41) is 7.21. The fourth-order valence-corrected chi connectivity index (χ4v) is 5.67. The number of hydrogen-bond acceptors (Lipinski definition) is 4. The molecule has 38 heavy (non-hydrogen) atoms. The maximum Gasteiger partial charge on any atom is 0.226 e. The molecule has 0 saturated carbocycles. The Balaban J connectivity index is 1.45. The quantitative estimate of drug-likeness (QED) is 0.299. The molecule has 0 aliphatic carbocycles. The van der Waals surface area contributed by atoms with Crippen LogP contribution in [0.3, 0.4) is 0 Å². The molecule has 0 bridgehead atoms. The predicted octanol–water partition coefficient (Wildman–Crippen LogP) is 5.45. The second kappa shape index (κ2) is 11.1. The Kier molecular flexibility index (Phi) is 7.51. The van der Waals surface area contributed by atoms with Gasteiger partial charge in [-0.1, -0.05) is 31.2 Å². The molecule has 1 aromatic carbocycles. The Morgan fingerprint density at radius 3 is 2.63 bits per heavy atom. The first-order valence-electron chi connectivity index (χ1n) is 12.9. The van der Waals surface area contributed by atoms with Crippen molar-refractivity contribution < 1.29 is 4.79 Å². The first-order valence-corrected chi connectivity index (χ1v) is 13.3. The number of thiocarbonyl (C=S) groups is 1. The number of carbonyl (C=O) groups excluding carboxylic acids is 1. The van der Waals surface area contributed by atoms with Gasteiger partial charge in [0.1, 0.15) is 0 Å². The molecule has 8 heteroatoms. The van der Waals surface area contributed by atoms with Crippen LogP contribution in [0.2, 0.25) is 0 Å². The van der Waals surface area contributed by atoms with Crippen molar-refractivity contribution in [3.8, 4) is 5.69 Å². The number of anilines is 1. The Bertz CT molecular complexity index is 1440. The highest BCUT2D eigenvalue weighted by Crippen LogP contribution is 2.41. The summed E-state index contributed by atoms with van der Waals surface area (Å²) in [6.07, 6.45) is 6.62. The molecule has 4 aromatic rings. The van der Waals surface area contributed by atoms with Crippen LogP contribution in [0.15, 0.2) is 79.3 Å². The van der Waals surface area contributed by atoms with E-state index in [9.17, 15) is 4.79 Å². The molecule has 1 aliphatic rings. The number of aryl methyl sites for hydroxylation is 2. The molecule has 194 valence electrons. The molecule has 1 aliphatic heterocycles. The van der Waals surface area contributed by atoms with Crippen molar-refractivity contribution in [1.29, 1.82) is 0 Å². The summed E-state index contributed by atoms with van der Waals surface area (Å²) < 4.78 is 2.21. The largest absolute Gasteiger partial charge is 0.352 e. The number of pyridine rings is 2. The van der Waals surface area contributed by atoms with Gasteiger partial charge in [-0.25, -0.2) is 0 Å². The second-order valence-electron chi connectivity index (χ2n) is 9.50. The standard InChI is InChI=1S/C30H32N6OS/c1-4-22-10-5-6-12-25(22)33-27(37)14-17-35-29(28(34-30(35)38)26-13-7-8-16-32-26)24-18-20(2)36(21(24)3)23-11-9-15-31-19-23/h5-13,15-16,18-19,28-29H,4,14,17H2,1-3H3,(H,33,37)(H,34,38). The maximum absolute atomic E-state index is 13.0. The first-order chi connectivity index (χ1) is 18.5. The lowest BCUT2D eigenvalue weighted by atomic mass is 9.96. The number of hydrogen-bond donors (Lipinski definition) is 2. The van der Waals surface area contributed by atoms with E-state index in [1.54, 1.807) is 12.4 Å². The van der Waals surface area contributed by atoms with Gasteiger partial charge in [0.25, 0.3) is 0 Å². The van der Waals surface area contributed by atoms with Crippen LogP contribution >= 0.6 is 12.2 Å². The van der Waals surface area contributed by atoms with Gasteiger partial charge in [-0.3, -0.25) is 14.8 Å². The van der Waals surface area contributed by atoms with Crippen molar-refractivity contribution in [3.05, 3.63) is 107 Å². The summed E-state index contributed by atoms with van der Waals surface area (Å²) >= 11 is 5.83. The molecule has 4 heterocycles.